The van der Waals surface area contributed by atoms with Crippen molar-refractivity contribution in [3.05, 3.63) is 88.4 Å². The number of nitrogens with one attached hydrogen (secondary N) is 1. The molecule has 0 aliphatic heterocycles. The molecule has 0 aliphatic carbocycles. The number of hydrogen-bond donors (Lipinski definition) is 1. The van der Waals surface area contributed by atoms with Crippen LogP contribution in [0.15, 0.2) is 77.3 Å². The van der Waals surface area contributed by atoms with Gasteiger partial charge in [0.1, 0.15) is 18.1 Å². The number of aryl methyl sites for hydroxylation is 1. The molecule has 3 aromatic rings. The van der Waals surface area contributed by atoms with Crippen LogP contribution >= 0.6 is 15.9 Å². The van der Waals surface area contributed by atoms with E-state index in [0.717, 1.165) is 21.3 Å². The number of carbonyl (C=O) groups excluding carboxylic acids is 1. The lowest BCUT2D eigenvalue weighted by molar-refractivity contribution is -0.118. The van der Waals surface area contributed by atoms with Crippen molar-refractivity contribution in [2.24, 2.45) is 0 Å². The van der Waals surface area contributed by atoms with Gasteiger partial charge in [0.05, 0.1) is 4.47 Å². The fourth-order valence-corrected chi connectivity index (χ4v) is 3.05. The Bertz CT molecular complexity index is 895. The van der Waals surface area contributed by atoms with E-state index >= 15 is 0 Å². The van der Waals surface area contributed by atoms with Gasteiger partial charge in [0.2, 0.25) is 0 Å². The highest BCUT2D eigenvalue weighted by molar-refractivity contribution is 9.10. The van der Waals surface area contributed by atoms with E-state index in [2.05, 4.69) is 21.2 Å². The molecule has 138 valence electrons. The first-order valence-electron chi connectivity index (χ1n) is 8.56. The predicted octanol–water partition coefficient (Wildman–Crippen LogP) is 5.35. The summed E-state index contributed by atoms with van der Waals surface area (Å²) in [5.74, 6) is 1.16. The smallest absolute Gasteiger partial charge is 0.262 e. The van der Waals surface area contributed by atoms with E-state index in [-0.39, 0.29) is 12.5 Å². The van der Waals surface area contributed by atoms with Gasteiger partial charge in [0, 0.05) is 5.69 Å². The molecule has 0 atom stereocenters. The summed E-state index contributed by atoms with van der Waals surface area (Å²) in [6.07, 6.45) is 0. The van der Waals surface area contributed by atoms with Crippen molar-refractivity contribution in [2.75, 3.05) is 11.9 Å². The van der Waals surface area contributed by atoms with Gasteiger partial charge in [-0.3, -0.25) is 4.79 Å². The molecule has 0 saturated carbocycles. The number of amides is 1. The van der Waals surface area contributed by atoms with E-state index in [9.17, 15) is 4.79 Å². The quantitative estimate of drug-likeness (QED) is 0.554. The molecule has 1 N–H and O–H groups in total. The number of halogens is 1. The lowest BCUT2D eigenvalue weighted by Crippen LogP contribution is -2.20. The molecule has 3 rings (SSSR count). The second-order valence-corrected chi connectivity index (χ2v) is 6.92. The summed E-state index contributed by atoms with van der Waals surface area (Å²) in [5.41, 5.74) is 2.92. The summed E-state index contributed by atoms with van der Waals surface area (Å²) in [6, 6.07) is 23.0. The molecule has 0 spiro atoms. The highest BCUT2D eigenvalue weighted by Gasteiger charge is 2.07. The summed E-state index contributed by atoms with van der Waals surface area (Å²) in [4.78, 5) is 12.1. The minimum atomic E-state index is -0.222. The second kappa shape index (κ2) is 9.24. The standard InChI is InChI=1S/C22H20BrNO3/c1-16-7-12-21(20(23)13-16)27-15-22(25)24-18-8-10-19(11-9-18)26-14-17-5-3-2-4-6-17/h2-13H,14-15H2,1H3,(H,24,25). The van der Waals surface area contributed by atoms with Crippen molar-refractivity contribution in [3.63, 3.8) is 0 Å². The normalized spacial score (nSPS) is 10.3. The van der Waals surface area contributed by atoms with Crippen molar-refractivity contribution in [1.29, 1.82) is 0 Å². The average Bonchev–Trinajstić information content (AvgIpc) is 2.67. The Morgan fingerprint density at radius 1 is 0.963 bits per heavy atom. The second-order valence-electron chi connectivity index (χ2n) is 6.07. The Labute approximate surface area is 167 Å². The number of anilines is 1. The third-order valence-corrected chi connectivity index (χ3v) is 4.45. The van der Waals surface area contributed by atoms with E-state index in [0.29, 0.717) is 18.0 Å². The lowest BCUT2D eigenvalue weighted by Gasteiger charge is -2.10. The Morgan fingerprint density at radius 3 is 2.41 bits per heavy atom. The first-order chi connectivity index (χ1) is 13.1. The molecule has 4 nitrogen and oxygen atoms in total. The summed E-state index contributed by atoms with van der Waals surface area (Å²) < 4.78 is 12.1. The molecule has 0 radical (unpaired) electrons. The Morgan fingerprint density at radius 2 is 1.70 bits per heavy atom. The van der Waals surface area contributed by atoms with Crippen molar-refractivity contribution >= 4 is 27.5 Å². The predicted molar refractivity (Wildman–Crippen MR) is 110 cm³/mol. The number of rotatable bonds is 7. The van der Waals surface area contributed by atoms with Gasteiger partial charge in [-0.1, -0.05) is 36.4 Å². The molecular weight excluding hydrogens is 406 g/mol. The monoisotopic (exact) mass is 425 g/mol. The molecule has 5 heteroatoms. The fourth-order valence-electron chi connectivity index (χ4n) is 2.44. The van der Waals surface area contributed by atoms with E-state index < -0.39 is 0 Å². The fraction of sp³-hybridized carbons (Fsp3) is 0.136. The van der Waals surface area contributed by atoms with Crippen LogP contribution in [0.2, 0.25) is 0 Å². The van der Waals surface area contributed by atoms with Crippen LogP contribution in [0.25, 0.3) is 0 Å². The zero-order valence-electron chi connectivity index (χ0n) is 14.9. The maximum atomic E-state index is 12.1. The van der Waals surface area contributed by atoms with Crippen LogP contribution in [0.5, 0.6) is 11.5 Å². The van der Waals surface area contributed by atoms with Gasteiger partial charge >= 0.3 is 0 Å². The van der Waals surface area contributed by atoms with Crippen LogP contribution in [0, 0.1) is 6.92 Å². The highest BCUT2D eigenvalue weighted by atomic mass is 79.9. The van der Waals surface area contributed by atoms with Crippen LogP contribution in [-0.4, -0.2) is 12.5 Å². The molecule has 1 amide bonds. The van der Waals surface area contributed by atoms with Crippen LogP contribution in [0.4, 0.5) is 5.69 Å². The molecule has 0 aliphatic rings. The Kier molecular flexibility index (Phi) is 6.49. The van der Waals surface area contributed by atoms with E-state index in [1.165, 1.54) is 0 Å². The van der Waals surface area contributed by atoms with Gasteiger partial charge < -0.3 is 14.8 Å². The summed E-state index contributed by atoms with van der Waals surface area (Å²) >= 11 is 3.43. The van der Waals surface area contributed by atoms with Crippen LogP contribution in [-0.2, 0) is 11.4 Å². The van der Waals surface area contributed by atoms with Crippen molar-refractivity contribution < 1.29 is 14.3 Å². The molecule has 0 aromatic heterocycles. The van der Waals surface area contributed by atoms with Crippen molar-refractivity contribution in [2.45, 2.75) is 13.5 Å². The maximum absolute atomic E-state index is 12.1. The van der Waals surface area contributed by atoms with Crippen LogP contribution in [0.1, 0.15) is 11.1 Å². The van der Waals surface area contributed by atoms with Gasteiger partial charge in [0.25, 0.3) is 5.91 Å². The SMILES string of the molecule is Cc1ccc(OCC(=O)Nc2ccc(OCc3ccccc3)cc2)c(Br)c1. The number of carbonyl (C=O) groups is 1. The van der Waals surface area contributed by atoms with Gasteiger partial charge in [0.15, 0.2) is 6.61 Å². The lowest BCUT2D eigenvalue weighted by atomic mass is 10.2. The average molecular weight is 426 g/mol. The minimum Gasteiger partial charge on any atom is -0.489 e. The highest BCUT2D eigenvalue weighted by Crippen LogP contribution is 2.25. The van der Waals surface area contributed by atoms with E-state index in [1.807, 2.05) is 67.6 Å². The van der Waals surface area contributed by atoms with Crippen LogP contribution < -0.4 is 14.8 Å². The zero-order chi connectivity index (χ0) is 19.1. The maximum Gasteiger partial charge on any atom is 0.262 e. The number of ether oxygens (including phenoxy) is 2. The number of hydrogen-bond acceptors (Lipinski definition) is 3. The van der Waals surface area contributed by atoms with Gasteiger partial charge in [-0.2, -0.15) is 0 Å². The number of benzene rings is 3. The Balaban J connectivity index is 1.48. The summed E-state index contributed by atoms with van der Waals surface area (Å²) in [7, 11) is 0. The molecule has 0 heterocycles. The van der Waals surface area contributed by atoms with Gasteiger partial charge in [-0.05, 0) is 70.4 Å². The largest absolute Gasteiger partial charge is 0.489 e. The Hall–Kier alpha value is -2.79. The zero-order valence-corrected chi connectivity index (χ0v) is 16.5. The molecule has 0 bridgehead atoms. The van der Waals surface area contributed by atoms with Crippen LogP contribution in [0.3, 0.4) is 0 Å². The van der Waals surface area contributed by atoms with Crippen molar-refractivity contribution in [3.8, 4) is 11.5 Å². The molecule has 0 saturated heterocycles. The molecule has 0 unspecified atom stereocenters. The van der Waals surface area contributed by atoms with E-state index in [4.69, 9.17) is 9.47 Å². The third-order valence-electron chi connectivity index (χ3n) is 3.83. The van der Waals surface area contributed by atoms with Gasteiger partial charge in [-0.25, -0.2) is 0 Å². The first kappa shape index (κ1) is 19.0. The third kappa shape index (κ3) is 5.86. The summed E-state index contributed by atoms with van der Waals surface area (Å²) in [6.45, 7) is 2.44. The molecule has 0 fully saturated rings. The molecular formula is C22H20BrNO3. The topological polar surface area (TPSA) is 47.6 Å². The minimum absolute atomic E-state index is 0.0616. The summed E-state index contributed by atoms with van der Waals surface area (Å²) in [5, 5.41) is 2.81. The van der Waals surface area contributed by atoms with E-state index in [1.54, 1.807) is 12.1 Å². The van der Waals surface area contributed by atoms with Gasteiger partial charge in [-0.15, -0.1) is 0 Å². The first-order valence-corrected chi connectivity index (χ1v) is 9.35. The van der Waals surface area contributed by atoms with Crippen molar-refractivity contribution in [1.82, 2.24) is 0 Å². The molecule has 27 heavy (non-hydrogen) atoms. The molecule has 3 aromatic carbocycles.